The fourth-order valence-electron chi connectivity index (χ4n) is 1.39. The highest BCUT2D eigenvalue weighted by Gasteiger charge is 2.05. The Kier molecular flexibility index (Phi) is 3.33. The van der Waals surface area contributed by atoms with Gasteiger partial charge in [-0.05, 0) is 12.1 Å². The first-order chi connectivity index (χ1) is 8.68. The Morgan fingerprint density at radius 2 is 2.00 bits per heavy atom. The molecule has 0 aromatic carbocycles. The fraction of sp³-hybridized carbons (Fsp3) is 0.0909. The minimum Gasteiger partial charge on any atom is -0.369 e. The highest BCUT2D eigenvalue weighted by atomic mass is 16.1. The summed E-state index contributed by atoms with van der Waals surface area (Å²) in [6.07, 6.45) is 5.02. The van der Waals surface area contributed by atoms with E-state index in [0.29, 0.717) is 11.2 Å². The molecule has 0 aliphatic carbocycles. The molecule has 0 bridgehead atoms. The van der Waals surface area contributed by atoms with Gasteiger partial charge in [0.1, 0.15) is 0 Å². The molecule has 18 heavy (non-hydrogen) atoms. The maximum atomic E-state index is 11.2. The maximum absolute atomic E-state index is 11.2. The number of hydrogen-bond acceptors (Lipinski definition) is 5. The number of fused-ring (bicyclic) bond motifs is 1. The van der Waals surface area contributed by atoms with Crippen molar-refractivity contribution >= 4 is 17.1 Å². The van der Waals surface area contributed by atoms with Crippen molar-refractivity contribution in [3.63, 3.8) is 0 Å². The molecule has 0 fully saturated rings. The van der Waals surface area contributed by atoms with Gasteiger partial charge < -0.3 is 10.3 Å². The van der Waals surface area contributed by atoms with Crippen LogP contribution in [0.4, 0.5) is 5.95 Å². The van der Waals surface area contributed by atoms with Crippen molar-refractivity contribution in [1.82, 2.24) is 24.5 Å². The van der Waals surface area contributed by atoms with E-state index in [1.54, 1.807) is 24.0 Å². The number of imidazole rings is 1. The van der Waals surface area contributed by atoms with Gasteiger partial charge in [0.05, 0.1) is 6.33 Å². The van der Waals surface area contributed by atoms with Crippen molar-refractivity contribution in [1.29, 1.82) is 0 Å². The van der Waals surface area contributed by atoms with Gasteiger partial charge in [0, 0.05) is 19.4 Å². The van der Waals surface area contributed by atoms with Crippen LogP contribution in [-0.4, -0.2) is 24.5 Å². The highest BCUT2D eigenvalue weighted by Crippen LogP contribution is 2.02. The Hall–Kier alpha value is -2.70. The molecule has 0 saturated heterocycles. The molecule has 0 radical (unpaired) electrons. The zero-order chi connectivity index (χ0) is 13.0. The number of pyridine rings is 1. The summed E-state index contributed by atoms with van der Waals surface area (Å²) in [5.41, 5.74) is 5.86. The van der Waals surface area contributed by atoms with Crippen LogP contribution in [0.3, 0.4) is 0 Å². The Bertz CT molecular complexity index is 661. The molecule has 92 valence electrons. The lowest BCUT2D eigenvalue weighted by atomic mass is 10.5. The largest absolute Gasteiger partial charge is 0.369 e. The second-order valence-electron chi connectivity index (χ2n) is 3.50. The number of aromatic amines is 1. The number of rotatable bonds is 0. The van der Waals surface area contributed by atoms with Crippen LogP contribution in [0.15, 0.2) is 41.7 Å². The number of aromatic nitrogens is 5. The van der Waals surface area contributed by atoms with Crippen LogP contribution in [0.1, 0.15) is 0 Å². The number of nitrogens with one attached hydrogen (secondary N) is 1. The average Bonchev–Trinajstić information content (AvgIpc) is 2.74. The summed E-state index contributed by atoms with van der Waals surface area (Å²) >= 11 is 0. The molecule has 7 heteroatoms. The lowest BCUT2D eigenvalue weighted by Crippen LogP contribution is -2.13. The number of nitrogen functional groups attached to an aromatic ring is 1. The van der Waals surface area contributed by atoms with Crippen LogP contribution in [0.5, 0.6) is 0 Å². The van der Waals surface area contributed by atoms with Crippen molar-refractivity contribution in [2.24, 2.45) is 7.05 Å². The molecular weight excluding hydrogens is 232 g/mol. The van der Waals surface area contributed by atoms with Crippen molar-refractivity contribution in [2.45, 2.75) is 0 Å². The second-order valence-corrected chi connectivity index (χ2v) is 3.50. The summed E-state index contributed by atoms with van der Waals surface area (Å²) in [7, 11) is 1.72. The van der Waals surface area contributed by atoms with Gasteiger partial charge in [0.2, 0.25) is 5.95 Å². The van der Waals surface area contributed by atoms with Crippen LogP contribution in [0.25, 0.3) is 11.2 Å². The molecule has 0 spiro atoms. The molecule has 0 aliphatic rings. The zero-order valence-electron chi connectivity index (χ0n) is 9.74. The van der Waals surface area contributed by atoms with Crippen molar-refractivity contribution in [3.05, 3.63) is 47.3 Å². The quantitative estimate of drug-likeness (QED) is 0.593. The molecule has 0 aliphatic heterocycles. The first-order valence-electron chi connectivity index (χ1n) is 5.20. The Balaban J connectivity index is 0.000000169. The van der Waals surface area contributed by atoms with E-state index in [9.17, 15) is 4.79 Å². The molecule has 3 aromatic rings. The normalized spacial score (nSPS) is 9.83. The van der Waals surface area contributed by atoms with Crippen LogP contribution in [0, 0.1) is 0 Å². The predicted molar refractivity (Wildman–Crippen MR) is 67.8 cm³/mol. The first-order valence-corrected chi connectivity index (χ1v) is 5.20. The number of nitrogens with zero attached hydrogens (tertiary/aromatic N) is 4. The zero-order valence-corrected chi connectivity index (χ0v) is 9.74. The first kappa shape index (κ1) is 11.8. The van der Waals surface area contributed by atoms with E-state index >= 15 is 0 Å². The highest BCUT2D eigenvalue weighted by molar-refractivity contribution is 5.70. The summed E-state index contributed by atoms with van der Waals surface area (Å²) in [4.78, 5) is 25.2. The molecule has 3 heterocycles. The van der Waals surface area contributed by atoms with Crippen LogP contribution < -0.4 is 11.3 Å². The third-order valence-electron chi connectivity index (χ3n) is 2.17. The van der Waals surface area contributed by atoms with Crippen molar-refractivity contribution in [3.8, 4) is 0 Å². The number of aryl methyl sites for hydroxylation is 1. The van der Waals surface area contributed by atoms with E-state index in [2.05, 4.69) is 19.9 Å². The lowest BCUT2D eigenvalue weighted by molar-refractivity contribution is 0.939. The Labute approximate surface area is 102 Å². The summed E-state index contributed by atoms with van der Waals surface area (Å²) in [6.45, 7) is 0. The minimum atomic E-state index is -0.266. The van der Waals surface area contributed by atoms with E-state index in [1.807, 2.05) is 18.2 Å². The van der Waals surface area contributed by atoms with E-state index in [-0.39, 0.29) is 11.5 Å². The van der Waals surface area contributed by atoms with Crippen molar-refractivity contribution < 1.29 is 0 Å². The number of H-pyrrole nitrogens is 1. The topological polar surface area (TPSA) is 102 Å². The summed E-state index contributed by atoms with van der Waals surface area (Å²) in [6, 6.07) is 5.72. The lowest BCUT2D eigenvalue weighted by Gasteiger charge is -1.93. The SMILES string of the molecule is Cn1cnc2nc(N)[nH]c(=O)c21.c1ccncc1. The number of hydrogen-bond donors (Lipinski definition) is 2. The van der Waals surface area contributed by atoms with Gasteiger partial charge in [-0.15, -0.1) is 0 Å². The molecule has 3 aromatic heterocycles. The van der Waals surface area contributed by atoms with Gasteiger partial charge >= 0.3 is 0 Å². The van der Waals surface area contributed by atoms with Gasteiger partial charge in [0.15, 0.2) is 11.2 Å². The van der Waals surface area contributed by atoms with E-state index in [1.165, 1.54) is 6.33 Å². The molecule has 0 unspecified atom stereocenters. The molecule has 7 nitrogen and oxygen atoms in total. The second kappa shape index (κ2) is 5.09. The third kappa shape index (κ3) is 2.51. The number of anilines is 1. The van der Waals surface area contributed by atoms with E-state index in [0.717, 1.165) is 0 Å². The van der Waals surface area contributed by atoms with Gasteiger partial charge in [-0.25, -0.2) is 4.98 Å². The molecule has 3 rings (SSSR count). The molecule has 0 amide bonds. The maximum Gasteiger partial charge on any atom is 0.278 e. The van der Waals surface area contributed by atoms with Gasteiger partial charge in [-0.3, -0.25) is 14.8 Å². The van der Waals surface area contributed by atoms with Gasteiger partial charge in [-0.2, -0.15) is 4.98 Å². The van der Waals surface area contributed by atoms with Gasteiger partial charge in [0.25, 0.3) is 5.56 Å². The predicted octanol–water partition coefficient (Wildman–Crippen LogP) is 0.320. The Morgan fingerprint density at radius 3 is 2.56 bits per heavy atom. The van der Waals surface area contributed by atoms with Crippen molar-refractivity contribution in [2.75, 3.05) is 5.73 Å². The van der Waals surface area contributed by atoms with Crippen LogP contribution in [-0.2, 0) is 7.05 Å². The fourth-order valence-corrected chi connectivity index (χ4v) is 1.39. The minimum absolute atomic E-state index is 0.0891. The van der Waals surface area contributed by atoms with E-state index in [4.69, 9.17) is 5.73 Å². The van der Waals surface area contributed by atoms with Crippen LogP contribution in [0.2, 0.25) is 0 Å². The summed E-state index contributed by atoms with van der Waals surface area (Å²) in [5, 5.41) is 0. The standard InChI is InChI=1S/C6H7N5O.C5H5N/c1-11-2-8-4-3(11)5(12)10-6(7)9-4;1-2-4-6-5-3-1/h2H,1H3,(H3,7,9,10,12);1-5H. The molecule has 0 atom stereocenters. The molecule has 3 N–H and O–H groups in total. The average molecular weight is 244 g/mol. The third-order valence-corrected chi connectivity index (χ3v) is 2.17. The van der Waals surface area contributed by atoms with Gasteiger partial charge in [-0.1, -0.05) is 6.07 Å². The Morgan fingerprint density at radius 1 is 1.28 bits per heavy atom. The van der Waals surface area contributed by atoms with E-state index < -0.39 is 0 Å². The number of nitrogens with two attached hydrogens (primary N) is 1. The monoisotopic (exact) mass is 244 g/mol. The summed E-state index contributed by atoms with van der Waals surface area (Å²) < 4.78 is 1.60. The summed E-state index contributed by atoms with van der Waals surface area (Å²) in [5.74, 6) is 0.0891. The van der Waals surface area contributed by atoms with Crippen LogP contribution >= 0.6 is 0 Å². The smallest absolute Gasteiger partial charge is 0.278 e. The molecular formula is C11H12N6O. The molecule has 0 saturated carbocycles.